The van der Waals surface area contributed by atoms with Crippen molar-refractivity contribution in [3.8, 4) is 22.8 Å². The highest BCUT2D eigenvalue weighted by atomic mass is 28.4. The lowest BCUT2D eigenvalue weighted by atomic mass is 9.95. The van der Waals surface area contributed by atoms with Crippen LogP contribution in [0.25, 0.3) is 16.6 Å². The Hall–Kier alpha value is -3.64. The highest BCUT2D eigenvalue weighted by Gasteiger charge is 2.40. The molecule has 1 aliphatic rings. The average Bonchev–Trinajstić information content (AvgIpc) is 3.31. The summed E-state index contributed by atoms with van der Waals surface area (Å²) >= 11 is 0. The molecular weight excluding hydrogens is 570 g/mol. The Morgan fingerprint density at radius 2 is 1.70 bits per heavy atom. The summed E-state index contributed by atoms with van der Waals surface area (Å²) in [6, 6.07) is 8.97. The van der Waals surface area contributed by atoms with Crippen molar-refractivity contribution >= 4 is 25.5 Å². The summed E-state index contributed by atoms with van der Waals surface area (Å²) < 4.78 is 45.8. The van der Waals surface area contributed by atoms with Crippen LogP contribution >= 0.6 is 0 Å². The lowest BCUT2D eigenvalue weighted by Gasteiger charge is -2.41. The van der Waals surface area contributed by atoms with Crippen LogP contribution in [-0.2, 0) is 4.43 Å². The number of anilines is 2. The Balaban J connectivity index is 1.41. The van der Waals surface area contributed by atoms with E-state index in [0.29, 0.717) is 28.8 Å². The van der Waals surface area contributed by atoms with Gasteiger partial charge in [0.2, 0.25) is 5.88 Å². The van der Waals surface area contributed by atoms with Gasteiger partial charge in [-0.3, -0.25) is 0 Å². The molecule has 230 valence electrons. The van der Waals surface area contributed by atoms with Gasteiger partial charge in [0.25, 0.3) is 0 Å². The van der Waals surface area contributed by atoms with Gasteiger partial charge in [0, 0.05) is 47.3 Å². The summed E-state index contributed by atoms with van der Waals surface area (Å²) in [5, 5.41) is 8.04. The largest absolute Gasteiger partial charge is 0.488 e. The van der Waals surface area contributed by atoms with Crippen LogP contribution in [0.5, 0.6) is 11.6 Å². The van der Waals surface area contributed by atoms with Crippen LogP contribution in [0.1, 0.15) is 58.0 Å². The molecular formula is C31H40F2N6O3Si. The topological polar surface area (TPSA) is 95.7 Å². The summed E-state index contributed by atoms with van der Waals surface area (Å²) in [4.78, 5) is 12.9. The van der Waals surface area contributed by atoms with E-state index in [4.69, 9.17) is 9.16 Å². The van der Waals surface area contributed by atoms with Gasteiger partial charge in [-0.2, -0.15) is 13.9 Å². The van der Waals surface area contributed by atoms with Crippen molar-refractivity contribution in [3.05, 3.63) is 54.2 Å². The van der Waals surface area contributed by atoms with Gasteiger partial charge in [0.15, 0.2) is 14.1 Å². The molecule has 0 radical (unpaired) electrons. The smallest absolute Gasteiger partial charge is 0.388 e. The molecule has 1 saturated carbocycles. The maximum Gasteiger partial charge on any atom is 0.388 e. The Morgan fingerprint density at radius 1 is 0.977 bits per heavy atom. The molecule has 0 atom stereocenters. The monoisotopic (exact) mass is 610 g/mol. The number of nitrogens with zero attached hydrogens (tertiary/aromatic N) is 5. The molecule has 43 heavy (non-hydrogen) atoms. The maximum atomic E-state index is 13.1. The molecule has 0 amide bonds. The Kier molecular flexibility index (Phi) is 8.71. The number of nitrogens with one attached hydrogen (secondary N) is 1. The summed E-state index contributed by atoms with van der Waals surface area (Å²) in [6.45, 7) is 12.1. The number of rotatable bonds is 9. The van der Waals surface area contributed by atoms with Crippen LogP contribution in [0.3, 0.4) is 0 Å². The van der Waals surface area contributed by atoms with Crippen molar-refractivity contribution < 1.29 is 22.7 Å². The van der Waals surface area contributed by atoms with E-state index in [1.807, 2.05) is 44.3 Å². The van der Waals surface area contributed by atoms with Crippen molar-refractivity contribution in [3.63, 3.8) is 0 Å². The van der Waals surface area contributed by atoms with E-state index < -0.39 is 14.9 Å². The first-order chi connectivity index (χ1) is 20.3. The zero-order valence-electron chi connectivity index (χ0n) is 25.8. The van der Waals surface area contributed by atoms with Crippen LogP contribution in [0.4, 0.5) is 20.4 Å². The number of alkyl halides is 2. The van der Waals surface area contributed by atoms with Crippen LogP contribution in [0.2, 0.25) is 18.1 Å². The molecule has 4 aromatic heterocycles. The van der Waals surface area contributed by atoms with E-state index >= 15 is 0 Å². The Bertz CT molecular complexity index is 1560. The van der Waals surface area contributed by atoms with E-state index in [9.17, 15) is 8.78 Å². The predicted octanol–water partition coefficient (Wildman–Crippen LogP) is 7.86. The van der Waals surface area contributed by atoms with Crippen LogP contribution in [0.15, 0.2) is 42.7 Å². The van der Waals surface area contributed by atoms with Gasteiger partial charge in [0.1, 0.15) is 17.4 Å². The number of aromatic nitrogens is 5. The number of fused-ring (bicyclic) bond motifs is 1. The van der Waals surface area contributed by atoms with Crippen LogP contribution in [0, 0.1) is 13.8 Å². The van der Waals surface area contributed by atoms with Crippen LogP contribution in [-0.4, -0.2) is 51.7 Å². The van der Waals surface area contributed by atoms with Gasteiger partial charge in [-0.1, -0.05) is 26.8 Å². The normalized spacial score (nSPS) is 17.8. The lowest BCUT2D eigenvalue weighted by molar-refractivity contribution is -0.0528. The Morgan fingerprint density at radius 3 is 2.37 bits per heavy atom. The van der Waals surface area contributed by atoms with Gasteiger partial charge in [-0.15, -0.1) is 0 Å². The van der Waals surface area contributed by atoms with Gasteiger partial charge in [-0.25, -0.2) is 19.5 Å². The highest BCUT2D eigenvalue weighted by molar-refractivity contribution is 6.74. The summed E-state index contributed by atoms with van der Waals surface area (Å²) in [5.74, 6) is 2.17. The van der Waals surface area contributed by atoms with Crippen molar-refractivity contribution in [1.82, 2.24) is 24.6 Å². The molecule has 0 bridgehead atoms. The van der Waals surface area contributed by atoms with E-state index in [1.54, 1.807) is 4.52 Å². The molecule has 0 saturated heterocycles. The molecule has 1 fully saturated rings. The molecule has 0 aliphatic heterocycles. The van der Waals surface area contributed by atoms with Gasteiger partial charge < -0.3 is 19.2 Å². The van der Waals surface area contributed by atoms with Gasteiger partial charge in [-0.05, 0) is 63.7 Å². The molecule has 1 N–H and O–H groups in total. The van der Waals surface area contributed by atoms with Gasteiger partial charge >= 0.3 is 6.61 Å². The number of halogens is 2. The third kappa shape index (κ3) is 7.30. The first-order valence-corrected chi connectivity index (χ1v) is 17.6. The first kappa shape index (κ1) is 30.8. The van der Waals surface area contributed by atoms with E-state index in [-0.39, 0.29) is 23.1 Å². The Labute approximate surface area is 252 Å². The fourth-order valence-electron chi connectivity index (χ4n) is 5.14. The number of ether oxygens (including phenoxy) is 2. The molecule has 0 unspecified atom stereocenters. The zero-order chi connectivity index (χ0) is 30.9. The lowest BCUT2D eigenvalue weighted by Crippen LogP contribution is -2.45. The van der Waals surface area contributed by atoms with Gasteiger partial charge in [0.05, 0.1) is 17.8 Å². The minimum atomic E-state index is -3.00. The zero-order valence-corrected chi connectivity index (χ0v) is 26.8. The second kappa shape index (κ2) is 12.2. The molecule has 0 aromatic carbocycles. The fraction of sp³-hybridized carbons (Fsp3) is 0.484. The number of pyridine rings is 2. The molecule has 4 heterocycles. The number of hydrogen-bond acceptors (Lipinski definition) is 8. The molecule has 1 aliphatic carbocycles. The standard InChI is InChI=1S/C31H40F2N6O3Si/c1-19-15-27(36-20(2)35-19)37-28-17-25-23(9-8-14-39(25)38-28)24-16-29(41-30(32)33)34-18-26(24)40-21-10-12-22(13-11-21)42-43(6,7)31(3,4)5/h8-9,14-18,21-22,30H,10-13H2,1-7H3,(H,35,36,37,38). The second-order valence-corrected chi connectivity index (χ2v) is 17.4. The molecule has 0 spiro atoms. The van der Waals surface area contributed by atoms with Crippen molar-refractivity contribution in [2.45, 2.75) is 97.3 Å². The van der Waals surface area contributed by atoms with E-state index in [2.05, 4.69) is 64.0 Å². The molecule has 5 rings (SSSR count). The van der Waals surface area contributed by atoms with Crippen molar-refractivity contribution in [1.29, 1.82) is 0 Å². The third-order valence-electron chi connectivity index (χ3n) is 8.25. The maximum absolute atomic E-state index is 13.1. The van der Waals surface area contributed by atoms with Crippen molar-refractivity contribution in [2.75, 3.05) is 5.32 Å². The van der Waals surface area contributed by atoms with Crippen molar-refractivity contribution in [2.24, 2.45) is 0 Å². The number of hydrogen-bond donors (Lipinski definition) is 1. The minimum Gasteiger partial charge on any atom is -0.488 e. The SMILES string of the molecule is Cc1cc(Nc2cc3c(-c4cc(OC(F)F)ncc4OC4CCC(O[Si](C)(C)C(C)(C)C)CC4)cccn3n2)nc(C)n1. The summed E-state index contributed by atoms with van der Waals surface area (Å²) in [7, 11) is -1.86. The predicted molar refractivity (Wildman–Crippen MR) is 165 cm³/mol. The van der Waals surface area contributed by atoms with Crippen LogP contribution < -0.4 is 14.8 Å². The second-order valence-electron chi connectivity index (χ2n) is 12.6. The first-order valence-electron chi connectivity index (χ1n) is 14.6. The minimum absolute atomic E-state index is 0.0483. The summed E-state index contributed by atoms with van der Waals surface area (Å²) in [5.41, 5.74) is 2.92. The highest BCUT2D eigenvalue weighted by Crippen LogP contribution is 2.41. The third-order valence-corrected chi connectivity index (χ3v) is 12.8. The number of aryl methyl sites for hydroxylation is 2. The molecule has 9 nitrogen and oxygen atoms in total. The quantitative estimate of drug-likeness (QED) is 0.191. The van der Waals surface area contributed by atoms with E-state index in [0.717, 1.165) is 42.5 Å². The summed E-state index contributed by atoms with van der Waals surface area (Å²) in [6.07, 6.45) is 6.93. The van der Waals surface area contributed by atoms with E-state index in [1.165, 1.54) is 12.3 Å². The molecule has 4 aromatic rings. The molecule has 12 heteroatoms. The fourth-order valence-corrected chi connectivity index (χ4v) is 6.56. The average molecular weight is 611 g/mol.